The largest absolute Gasteiger partial charge is 0.454 e. The van der Waals surface area contributed by atoms with Gasteiger partial charge in [-0.05, 0) is 37.3 Å². The van der Waals surface area contributed by atoms with Crippen molar-refractivity contribution in [2.45, 2.75) is 6.92 Å². The maximum atomic E-state index is 12.2. The van der Waals surface area contributed by atoms with Crippen LogP contribution in [0.15, 0.2) is 79.0 Å². The summed E-state index contributed by atoms with van der Waals surface area (Å²) in [5.41, 5.74) is 4.48. The first-order valence-corrected chi connectivity index (χ1v) is 11.0. The number of para-hydroxylation sites is 1. The maximum absolute atomic E-state index is 12.2. The quantitative estimate of drug-likeness (QED) is 0.192. The smallest absolute Gasteiger partial charge is 0.331 e. The number of ketones is 1. The monoisotopic (exact) mass is 462 g/mol. The minimum absolute atomic E-state index is 0.291. The Bertz CT molecular complexity index is 1270. The minimum Gasteiger partial charge on any atom is -0.454 e. The molecule has 2 heterocycles. The fourth-order valence-corrected chi connectivity index (χ4v) is 4.00. The van der Waals surface area contributed by atoms with Crippen molar-refractivity contribution in [2.75, 3.05) is 6.61 Å². The lowest BCUT2D eigenvalue weighted by Crippen LogP contribution is -2.11. The molecule has 0 aliphatic rings. The summed E-state index contributed by atoms with van der Waals surface area (Å²) in [7, 11) is 0. The van der Waals surface area contributed by atoms with E-state index in [2.05, 4.69) is 0 Å². The Morgan fingerprint density at radius 1 is 1.06 bits per heavy atom. The van der Waals surface area contributed by atoms with E-state index in [-0.39, 0.29) is 12.4 Å². The molecule has 5 nitrogen and oxygen atoms in total. The Morgan fingerprint density at radius 3 is 2.50 bits per heavy atom. The van der Waals surface area contributed by atoms with Gasteiger partial charge in [0.05, 0.1) is 20.6 Å². The number of thiophene rings is 1. The van der Waals surface area contributed by atoms with Crippen LogP contribution in [0.1, 0.15) is 20.8 Å². The van der Waals surface area contributed by atoms with Gasteiger partial charge in [-0.3, -0.25) is 4.79 Å². The molecule has 0 atom stereocenters. The molecule has 2 aromatic heterocycles. The first-order valence-electron chi connectivity index (χ1n) is 9.85. The van der Waals surface area contributed by atoms with Crippen LogP contribution in [0.4, 0.5) is 0 Å². The Kier molecular flexibility index (Phi) is 6.63. The van der Waals surface area contributed by atoms with Gasteiger partial charge in [0.25, 0.3) is 0 Å². The average Bonchev–Trinajstić information content (AvgIpc) is 3.44. The molecule has 2 aromatic carbocycles. The number of aryl methyl sites for hydroxylation is 1. The first kappa shape index (κ1) is 21.7. The Morgan fingerprint density at radius 2 is 1.81 bits per heavy atom. The normalized spacial score (nSPS) is 11.1. The van der Waals surface area contributed by atoms with Gasteiger partial charge >= 0.3 is 5.97 Å². The van der Waals surface area contributed by atoms with Crippen LogP contribution in [-0.2, 0) is 9.53 Å². The molecule has 0 N–H and O–H groups in total. The van der Waals surface area contributed by atoms with E-state index in [0.717, 1.165) is 39.4 Å². The number of carbonyl (C=O) groups excluding carboxylic acids is 2. The van der Waals surface area contributed by atoms with Gasteiger partial charge in [-0.1, -0.05) is 59.6 Å². The molecular formula is C25H19ClN2O3S. The lowest BCUT2D eigenvalue weighted by Gasteiger charge is -2.01. The van der Waals surface area contributed by atoms with E-state index in [1.165, 1.54) is 6.08 Å². The first-order chi connectivity index (χ1) is 15.5. The van der Waals surface area contributed by atoms with E-state index in [4.69, 9.17) is 21.4 Å². The van der Waals surface area contributed by atoms with Crippen molar-refractivity contribution in [3.8, 4) is 16.9 Å². The maximum Gasteiger partial charge on any atom is 0.331 e. The van der Waals surface area contributed by atoms with Crippen LogP contribution in [0.25, 0.3) is 23.0 Å². The molecule has 0 saturated heterocycles. The van der Waals surface area contributed by atoms with Crippen LogP contribution in [0.3, 0.4) is 0 Å². The van der Waals surface area contributed by atoms with Gasteiger partial charge in [-0.2, -0.15) is 5.10 Å². The number of esters is 1. The number of nitrogens with zero attached hydrogens (tertiary/aromatic N) is 2. The number of halogens is 1. The summed E-state index contributed by atoms with van der Waals surface area (Å²) < 4.78 is 7.38. The topological polar surface area (TPSA) is 61.2 Å². The molecule has 0 radical (unpaired) electrons. The van der Waals surface area contributed by atoms with Crippen LogP contribution in [0.5, 0.6) is 0 Å². The van der Waals surface area contributed by atoms with E-state index >= 15 is 0 Å². The van der Waals surface area contributed by atoms with Gasteiger partial charge in [-0.15, -0.1) is 11.3 Å². The average molecular weight is 463 g/mol. The van der Waals surface area contributed by atoms with Gasteiger partial charge in [-0.25, -0.2) is 9.48 Å². The lowest BCUT2D eigenvalue weighted by atomic mass is 10.1. The summed E-state index contributed by atoms with van der Waals surface area (Å²) in [6, 6.07) is 21.0. The highest BCUT2D eigenvalue weighted by Crippen LogP contribution is 2.25. The Hall–Kier alpha value is -3.48. The fraction of sp³-hybridized carbons (Fsp3) is 0.0800. The molecule has 160 valence electrons. The van der Waals surface area contributed by atoms with Crippen LogP contribution in [0, 0.1) is 6.92 Å². The van der Waals surface area contributed by atoms with Crippen molar-refractivity contribution >= 4 is 40.8 Å². The highest BCUT2D eigenvalue weighted by Gasteiger charge is 2.13. The van der Waals surface area contributed by atoms with Crippen molar-refractivity contribution in [2.24, 2.45) is 0 Å². The number of hydrogen-bond donors (Lipinski definition) is 0. The molecule has 0 unspecified atom stereocenters. The van der Waals surface area contributed by atoms with Crippen LogP contribution in [-0.4, -0.2) is 28.1 Å². The zero-order chi connectivity index (χ0) is 22.5. The number of hydrogen-bond acceptors (Lipinski definition) is 5. The molecule has 0 spiro atoms. The molecule has 4 aromatic rings. The molecule has 32 heavy (non-hydrogen) atoms. The van der Waals surface area contributed by atoms with Crippen molar-refractivity contribution in [3.63, 3.8) is 0 Å². The summed E-state index contributed by atoms with van der Waals surface area (Å²) in [5.74, 6) is -0.899. The van der Waals surface area contributed by atoms with E-state index in [0.29, 0.717) is 9.21 Å². The zero-order valence-electron chi connectivity index (χ0n) is 17.2. The number of benzene rings is 2. The van der Waals surface area contributed by atoms with E-state index in [1.54, 1.807) is 22.9 Å². The number of Topliss-reactive ketones (excluding diaryl/α,β-unsaturated/α-hetero) is 1. The van der Waals surface area contributed by atoms with Gasteiger partial charge in [0.15, 0.2) is 6.61 Å². The Labute approximate surface area is 194 Å². The number of rotatable bonds is 7. The van der Waals surface area contributed by atoms with Crippen molar-refractivity contribution in [3.05, 3.63) is 99.3 Å². The van der Waals surface area contributed by atoms with E-state index < -0.39 is 5.97 Å². The minimum atomic E-state index is -0.608. The predicted molar refractivity (Wildman–Crippen MR) is 127 cm³/mol. The molecule has 0 aliphatic carbocycles. The van der Waals surface area contributed by atoms with Crippen LogP contribution in [0.2, 0.25) is 4.34 Å². The van der Waals surface area contributed by atoms with Crippen molar-refractivity contribution in [1.82, 2.24) is 9.78 Å². The third-order valence-corrected chi connectivity index (χ3v) is 5.95. The molecule has 0 aliphatic heterocycles. The molecule has 0 amide bonds. The molecule has 7 heteroatoms. The number of ether oxygens (including phenoxy) is 1. The van der Waals surface area contributed by atoms with E-state index in [9.17, 15) is 9.59 Å². The second-order valence-corrected chi connectivity index (χ2v) is 8.76. The summed E-state index contributed by atoms with van der Waals surface area (Å²) in [6.45, 7) is 1.68. The summed E-state index contributed by atoms with van der Waals surface area (Å²) in [6.07, 6.45) is 4.81. The fourth-order valence-electron chi connectivity index (χ4n) is 3.04. The molecule has 0 fully saturated rings. The standard InChI is InChI=1S/C25H19ClN2O3S/c1-17-7-9-18(10-8-17)25-19(15-28(27-25)20-5-3-2-4-6-20)11-14-24(30)31-16-21(29)22-12-13-23(26)32-22/h2-15H,16H2,1H3/b14-11+. The predicted octanol–water partition coefficient (Wildman–Crippen LogP) is 6.00. The summed E-state index contributed by atoms with van der Waals surface area (Å²) in [5, 5.41) is 4.72. The molecule has 0 saturated carbocycles. The third kappa shape index (κ3) is 5.22. The summed E-state index contributed by atoms with van der Waals surface area (Å²) in [4.78, 5) is 24.8. The SMILES string of the molecule is Cc1ccc(-c2nn(-c3ccccc3)cc2/C=C/C(=O)OCC(=O)c2ccc(Cl)s2)cc1. The van der Waals surface area contributed by atoms with Gasteiger partial charge in [0.2, 0.25) is 5.78 Å². The van der Waals surface area contributed by atoms with Crippen LogP contribution >= 0.6 is 22.9 Å². The number of aromatic nitrogens is 2. The molecular weight excluding hydrogens is 444 g/mol. The second kappa shape index (κ2) is 9.77. The zero-order valence-corrected chi connectivity index (χ0v) is 18.8. The molecule has 0 bridgehead atoms. The van der Waals surface area contributed by atoms with Gasteiger partial charge in [0, 0.05) is 23.4 Å². The third-order valence-electron chi connectivity index (χ3n) is 4.68. The van der Waals surface area contributed by atoms with Gasteiger partial charge < -0.3 is 4.74 Å². The second-order valence-electron chi connectivity index (χ2n) is 7.05. The highest BCUT2D eigenvalue weighted by molar-refractivity contribution is 7.18. The highest BCUT2D eigenvalue weighted by atomic mass is 35.5. The Balaban J connectivity index is 1.54. The molecule has 4 rings (SSSR count). The number of carbonyl (C=O) groups is 2. The van der Waals surface area contributed by atoms with Crippen molar-refractivity contribution in [1.29, 1.82) is 0 Å². The van der Waals surface area contributed by atoms with E-state index in [1.807, 2.05) is 67.7 Å². The lowest BCUT2D eigenvalue weighted by molar-refractivity contribution is -0.136. The van der Waals surface area contributed by atoms with Crippen molar-refractivity contribution < 1.29 is 14.3 Å². The summed E-state index contributed by atoms with van der Waals surface area (Å²) >= 11 is 7.00. The van der Waals surface area contributed by atoms with Gasteiger partial charge in [0.1, 0.15) is 0 Å². The van der Waals surface area contributed by atoms with Crippen LogP contribution < -0.4 is 0 Å².